The average Bonchev–Trinajstić information content (AvgIpc) is 3.19. The molecule has 0 atom stereocenters. The molecule has 5 nitrogen and oxygen atoms in total. The first-order chi connectivity index (χ1) is 15.9. The smallest absolute Gasteiger partial charge is 0.260 e. The fourth-order valence-electron chi connectivity index (χ4n) is 3.73. The van der Waals surface area contributed by atoms with E-state index in [1.165, 1.54) is 0 Å². The van der Waals surface area contributed by atoms with E-state index in [0.717, 1.165) is 33.7 Å². The molecule has 0 aliphatic heterocycles. The highest BCUT2D eigenvalue weighted by atomic mass is 16.5. The van der Waals surface area contributed by atoms with Crippen LogP contribution >= 0.6 is 0 Å². The Balaban J connectivity index is 1.84. The van der Waals surface area contributed by atoms with Gasteiger partial charge in [0, 0.05) is 16.6 Å². The zero-order valence-electron chi connectivity index (χ0n) is 19.3. The Morgan fingerprint density at radius 1 is 1.00 bits per heavy atom. The van der Waals surface area contributed by atoms with E-state index in [2.05, 4.69) is 11.9 Å². The van der Waals surface area contributed by atoms with Crippen molar-refractivity contribution in [2.45, 2.75) is 20.8 Å². The van der Waals surface area contributed by atoms with Gasteiger partial charge in [0.2, 0.25) is 0 Å². The van der Waals surface area contributed by atoms with Crippen LogP contribution in [0.1, 0.15) is 28.4 Å². The molecular weight excluding hydrogens is 414 g/mol. The molecule has 5 heteroatoms. The summed E-state index contributed by atoms with van der Waals surface area (Å²) in [5, 5.41) is 3.78. The standard InChI is InChI=1S/C28H27NO4/c1-17(2)16-32-22-13-14-24-23(15-22)25(27(33-24)20-9-11-21(31-5)12-10-20)28(30)29-26-18(3)7-6-8-19(26)4/h6-15H,1,16H2,2-5H3,(H,29,30). The number of methoxy groups -OCH3 is 1. The lowest BCUT2D eigenvalue weighted by molar-refractivity contribution is 0.102. The van der Waals surface area contributed by atoms with Crippen LogP contribution in [0.25, 0.3) is 22.3 Å². The molecule has 1 amide bonds. The Bertz CT molecular complexity index is 1310. The van der Waals surface area contributed by atoms with Gasteiger partial charge in [0.05, 0.1) is 12.7 Å². The van der Waals surface area contributed by atoms with Crippen molar-refractivity contribution in [3.8, 4) is 22.8 Å². The maximum atomic E-state index is 13.6. The summed E-state index contributed by atoms with van der Waals surface area (Å²) in [6.45, 7) is 10.1. The summed E-state index contributed by atoms with van der Waals surface area (Å²) in [5.74, 6) is 1.63. The second-order valence-electron chi connectivity index (χ2n) is 8.16. The quantitative estimate of drug-likeness (QED) is 0.316. The molecular formula is C28H27NO4. The summed E-state index contributed by atoms with van der Waals surface area (Å²) >= 11 is 0. The van der Waals surface area contributed by atoms with Gasteiger partial charge in [-0.2, -0.15) is 0 Å². The van der Waals surface area contributed by atoms with Gasteiger partial charge in [-0.05, 0) is 79.9 Å². The summed E-state index contributed by atoms with van der Waals surface area (Å²) in [6.07, 6.45) is 0. The van der Waals surface area contributed by atoms with E-state index in [9.17, 15) is 4.79 Å². The molecule has 0 spiro atoms. The number of fused-ring (bicyclic) bond motifs is 1. The van der Waals surface area contributed by atoms with Crippen LogP contribution in [0.3, 0.4) is 0 Å². The highest BCUT2D eigenvalue weighted by Gasteiger charge is 2.24. The number of nitrogens with one attached hydrogen (secondary N) is 1. The van der Waals surface area contributed by atoms with Crippen LogP contribution in [-0.4, -0.2) is 19.6 Å². The third-order valence-electron chi connectivity index (χ3n) is 5.44. The van der Waals surface area contributed by atoms with Gasteiger partial charge < -0.3 is 19.2 Å². The van der Waals surface area contributed by atoms with Gasteiger partial charge in [0.1, 0.15) is 29.4 Å². The van der Waals surface area contributed by atoms with E-state index < -0.39 is 0 Å². The number of para-hydroxylation sites is 1. The third kappa shape index (κ3) is 4.62. The Morgan fingerprint density at radius 2 is 1.67 bits per heavy atom. The van der Waals surface area contributed by atoms with E-state index in [0.29, 0.717) is 34.6 Å². The summed E-state index contributed by atoms with van der Waals surface area (Å²) in [5.41, 5.74) is 5.54. The zero-order chi connectivity index (χ0) is 23.5. The summed E-state index contributed by atoms with van der Waals surface area (Å²) in [4.78, 5) is 13.6. The lowest BCUT2D eigenvalue weighted by Crippen LogP contribution is -2.14. The number of amides is 1. The normalized spacial score (nSPS) is 10.8. The van der Waals surface area contributed by atoms with Gasteiger partial charge in [-0.1, -0.05) is 24.8 Å². The van der Waals surface area contributed by atoms with Crippen LogP contribution in [0.15, 0.2) is 77.2 Å². The Morgan fingerprint density at radius 3 is 2.30 bits per heavy atom. The molecule has 33 heavy (non-hydrogen) atoms. The highest BCUT2D eigenvalue weighted by Crippen LogP contribution is 2.37. The molecule has 4 rings (SSSR count). The number of hydrogen-bond acceptors (Lipinski definition) is 4. The van der Waals surface area contributed by atoms with Crippen molar-refractivity contribution in [2.75, 3.05) is 19.0 Å². The molecule has 0 aliphatic carbocycles. The topological polar surface area (TPSA) is 60.7 Å². The Hall–Kier alpha value is -3.99. The number of ether oxygens (including phenoxy) is 2. The number of carbonyl (C=O) groups is 1. The molecule has 0 fully saturated rings. The molecule has 0 saturated carbocycles. The molecule has 0 unspecified atom stereocenters. The van der Waals surface area contributed by atoms with E-state index in [1.807, 2.05) is 81.4 Å². The van der Waals surface area contributed by atoms with Crippen LogP contribution in [0.5, 0.6) is 11.5 Å². The minimum Gasteiger partial charge on any atom is -0.497 e. The van der Waals surface area contributed by atoms with Gasteiger partial charge in [0.25, 0.3) is 5.91 Å². The Kier molecular flexibility index (Phi) is 6.22. The first-order valence-electron chi connectivity index (χ1n) is 10.7. The van der Waals surface area contributed by atoms with E-state index in [-0.39, 0.29) is 5.91 Å². The van der Waals surface area contributed by atoms with Crippen molar-refractivity contribution in [3.63, 3.8) is 0 Å². The maximum Gasteiger partial charge on any atom is 0.260 e. The molecule has 1 heterocycles. The highest BCUT2D eigenvalue weighted by molar-refractivity contribution is 6.17. The number of aryl methyl sites for hydroxylation is 2. The van der Waals surface area contributed by atoms with Gasteiger partial charge >= 0.3 is 0 Å². The minimum absolute atomic E-state index is 0.242. The molecule has 3 aromatic carbocycles. The van der Waals surface area contributed by atoms with Crippen LogP contribution in [0, 0.1) is 13.8 Å². The van der Waals surface area contributed by atoms with Gasteiger partial charge in [-0.25, -0.2) is 0 Å². The predicted molar refractivity (Wildman–Crippen MR) is 132 cm³/mol. The number of benzene rings is 3. The molecule has 1 aromatic heterocycles. The number of hydrogen-bond donors (Lipinski definition) is 1. The number of anilines is 1. The maximum absolute atomic E-state index is 13.6. The summed E-state index contributed by atoms with van der Waals surface area (Å²) < 4.78 is 17.3. The van der Waals surface area contributed by atoms with Crippen LogP contribution in [-0.2, 0) is 0 Å². The van der Waals surface area contributed by atoms with Crippen molar-refractivity contribution < 1.29 is 18.7 Å². The molecule has 1 N–H and O–H groups in total. The van der Waals surface area contributed by atoms with Gasteiger partial charge in [-0.15, -0.1) is 0 Å². The van der Waals surface area contributed by atoms with Crippen molar-refractivity contribution in [3.05, 3.63) is 89.5 Å². The van der Waals surface area contributed by atoms with E-state index >= 15 is 0 Å². The van der Waals surface area contributed by atoms with Crippen molar-refractivity contribution in [2.24, 2.45) is 0 Å². The fourth-order valence-corrected chi connectivity index (χ4v) is 3.73. The average molecular weight is 442 g/mol. The second kappa shape index (κ2) is 9.25. The Labute approximate surface area is 193 Å². The van der Waals surface area contributed by atoms with Crippen molar-refractivity contribution in [1.29, 1.82) is 0 Å². The zero-order valence-corrected chi connectivity index (χ0v) is 19.3. The first kappa shape index (κ1) is 22.2. The van der Waals surface area contributed by atoms with Crippen LogP contribution in [0.2, 0.25) is 0 Å². The van der Waals surface area contributed by atoms with Crippen LogP contribution in [0.4, 0.5) is 5.69 Å². The van der Waals surface area contributed by atoms with Crippen LogP contribution < -0.4 is 14.8 Å². The molecule has 0 saturated heterocycles. The van der Waals surface area contributed by atoms with E-state index in [1.54, 1.807) is 7.11 Å². The molecule has 0 radical (unpaired) electrons. The third-order valence-corrected chi connectivity index (χ3v) is 5.44. The second-order valence-corrected chi connectivity index (χ2v) is 8.16. The largest absolute Gasteiger partial charge is 0.497 e. The molecule has 168 valence electrons. The lowest BCUT2D eigenvalue weighted by atomic mass is 10.0. The van der Waals surface area contributed by atoms with E-state index in [4.69, 9.17) is 13.9 Å². The van der Waals surface area contributed by atoms with Gasteiger partial charge in [-0.3, -0.25) is 4.79 Å². The molecule has 0 bridgehead atoms. The van der Waals surface area contributed by atoms with Gasteiger partial charge in [0.15, 0.2) is 0 Å². The number of furan rings is 1. The monoisotopic (exact) mass is 441 g/mol. The molecule has 4 aromatic rings. The van der Waals surface area contributed by atoms with Crippen molar-refractivity contribution in [1.82, 2.24) is 0 Å². The SMILES string of the molecule is C=C(C)COc1ccc2oc(-c3ccc(OC)cc3)c(C(=O)Nc3c(C)cccc3C)c2c1. The fraction of sp³-hybridized carbons (Fsp3) is 0.179. The van der Waals surface area contributed by atoms with Crippen molar-refractivity contribution >= 4 is 22.6 Å². The number of carbonyl (C=O) groups excluding carboxylic acids is 1. The molecule has 0 aliphatic rings. The summed E-state index contributed by atoms with van der Waals surface area (Å²) in [6, 6.07) is 18.9. The first-order valence-corrected chi connectivity index (χ1v) is 10.7. The number of rotatable bonds is 7. The minimum atomic E-state index is -0.242. The summed E-state index contributed by atoms with van der Waals surface area (Å²) in [7, 11) is 1.62. The predicted octanol–water partition coefficient (Wildman–Crippen LogP) is 6.93. The lowest BCUT2D eigenvalue weighted by Gasteiger charge is -2.12.